The summed E-state index contributed by atoms with van der Waals surface area (Å²) in [7, 11) is 0. The Kier molecular flexibility index (Phi) is 4.18. The van der Waals surface area contributed by atoms with Gasteiger partial charge in [0.05, 0.1) is 0 Å². The van der Waals surface area contributed by atoms with Gasteiger partial charge in [0.25, 0.3) is 0 Å². The zero-order valence-corrected chi connectivity index (χ0v) is 12.5. The minimum atomic E-state index is 0.145. The molecule has 0 radical (unpaired) electrons. The van der Waals surface area contributed by atoms with Crippen LogP contribution in [0.3, 0.4) is 0 Å². The lowest BCUT2D eigenvalue weighted by Crippen LogP contribution is -2.48. The first-order valence-corrected chi connectivity index (χ1v) is 7.28. The molecule has 2 heterocycles. The molecule has 1 aromatic carbocycles. The van der Waals surface area contributed by atoms with Crippen molar-refractivity contribution in [3.8, 4) is 11.8 Å². The Bertz CT molecular complexity index is 622. The fraction of sp³-hybridized carbons (Fsp3) is 0.312. The normalized spacial score (nSPS) is 14.8. The summed E-state index contributed by atoms with van der Waals surface area (Å²) in [6, 6.07) is 9.93. The Hall–Kier alpha value is -2.63. The maximum absolute atomic E-state index is 11.3. The van der Waals surface area contributed by atoms with Crippen molar-refractivity contribution in [1.29, 1.82) is 0 Å². The quantitative estimate of drug-likeness (QED) is 0.866. The molecule has 114 valence electrons. The number of aromatic nitrogens is 2. The average molecular weight is 298 g/mol. The van der Waals surface area contributed by atoms with Crippen molar-refractivity contribution in [2.24, 2.45) is 0 Å². The van der Waals surface area contributed by atoms with Crippen LogP contribution in [-0.4, -0.2) is 47.0 Å². The van der Waals surface area contributed by atoms with Crippen molar-refractivity contribution in [2.45, 2.75) is 6.92 Å². The summed E-state index contributed by atoms with van der Waals surface area (Å²) in [5, 5.41) is 0. The molecule has 3 rings (SSSR count). The van der Waals surface area contributed by atoms with Crippen LogP contribution < -0.4 is 9.64 Å². The van der Waals surface area contributed by atoms with Crippen LogP contribution in [0, 0.1) is 0 Å². The maximum Gasteiger partial charge on any atom is 0.321 e. The lowest BCUT2D eigenvalue weighted by molar-refractivity contribution is -0.129. The molecule has 0 bridgehead atoms. The number of nitrogens with zero attached hydrogens (tertiary/aromatic N) is 4. The second-order valence-corrected chi connectivity index (χ2v) is 5.12. The van der Waals surface area contributed by atoms with Gasteiger partial charge < -0.3 is 14.5 Å². The van der Waals surface area contributed by atoms with Crippen LogP contribution in [0.5, 0.6) is 11.8 Å². The largest absolute Gasteiger partial charge is 0.424 e. The number of hydrogen-bond donors (Lipinski definition) is 0. The van der Waals surface area contributed by atoms with E-state index in [9.17, 15) is 4.79 Å². The maximum atomic E-state index is 11.3. The van der Waals surface area contributed by atoms with Gasteiger partial charge in [0.2, 0.25) is 5.91 Å². The second kappa shape index (κ2) is 6.43. The van der Waals surface area contributed by atoms with Gasteiger partial charge in [-0.25, -0.2) is 9.97 Å². The lowest BCUT2D eigenvalue weighted by Gasteiger charge is -2.35. The highest BCUT2D eigenvalue weighted by Crippen LogP contribution is 2.23. The third-order valence-electron chi connectivity index (χ3n) is 3.68. The summed E-state index contributed by atoms with van der Waals surface area (Å²) < 4.78 is 5.58. The van der Waals surface area contributed by atoms with Gasteiger partial charge in [-0.15, -0.1) is 0 Å². The van der Waals surface area contributed by atoms with Crippen LogP contribution >= 0.6 is 0 Å². The standard InChI is InChI=1S/C16H18N4O2/c1-13(21)19-9-11-20(12-10-19)14-3-5-15(6-4-14)22-16-17-7-2-8-18-16/h2-8H,9-12H2,1H3. The number of carbonyl (C=O) groups excluding carboxylic acids is 1. The fourth-order valence-electron chi connectivity index (χ4n) is 2.45. The van der Waals surface area contributed by atoms with E-state index >= 15 is 0 Å². The van der Waals surface area contributed by atoms with E-state index in [0.29, 0.717) is 11.8 Å². The molecule has 0 atom stereocenters. The van der Waals surface area contributed by atoms with Gasteiger partial charge in [0.15, 0.2) is 0 Å². The van der Waals surface area contributed by atoms with Crippen molar-refractivity contribution in [3.63, 3.8) is 0 Å². The first-order valence-electron chi connectivity index (χ1n) is 7.28. The zero-order valence-electron chi connectivity index (χ0n) is 12.5. The van der Waals surface area contributed by atoms with Crippen LogP contribution in [0.15, 0.2) is 42.7 Å². The smallest absolute Gasteiger partial charge is 0.321 e. The van der Waals surface area contributed by atoms with Crippen LogP contribution in [0.2, 0.25) is 0 Å². The van der Waals surface area contributed by atoms with Gasteiger partial charge in [0.1, 0.15) is 5.75 Å². The molecule has 1 amide bonds. The zero-order chi connectivity index (χ0) is 15.4. The van der Waals surface area contributed by atoms with Crippen LogP contribution in [-0.2, 0) is 4.79 Å². The number of carbonyl (C=O) groups is 1. The molecular formula is C16H18N4O2. The van der Waals surface area contributed by atoms with E-state index in [4.69, 9.17) is 4.74 Å². The van der Waals surface area contributed by atoms with Gasteiger partial charge in [-0.05, 0) is 30.3 Å². The van der Waals surface area contributed by atoms with E-state index in [1.54, 1.807) is 25.4 Å². The number of anilines is 1. The molecule has 22 heavy (non-hydrogen) atoms. The summed E-state index contributed by atoms with van der Waals surface area (Å²) in [5.74, 6) is 0.851. The predicted molar refractivity (Wildman–Crippen MR) is 83.0 cm³/mol. The molecule has 0 spiro atoms. The van der Waals surface area contributed by atoms with Gasteiger partial charge >= 0.3 is 6.01 Å². The van der Waals surface area contributed by atoms with Gasteiger partial charge in [-0.2, -0.15) is 0 Å². The number of piperazine rings is 1. The van der Waals surface area contributed by atoms with Crippen LogP contribution in [0.1, 0.15) is 6.92 Å². The monoisotopic (exact) mass is 298 g/mol. The third-order valence-corrected chi connectivity index (χ3v) is 3.68. The van der Waals surface area contributed by atoms with Crippen LogP contribution in [0.4, 0.5) is 5.69 Å². The van der Waals surface area contributed by atoms with Crippen molar-refractivity contribution in [3.05, 3.63) is 42.7 Å². The Balaban J connectivity index is 1.61. The van der Waals surface area contributed by atoms with Crippen LogP contribution in [0.25, 0.3) is 0 Å². The Morgan fingerprint density at radius 3 is 2.27 bits per heavy atom. The highest BCUT2D eigenvalue weighted by atomic mass is 16.5. The Morgan fingerprint density at radius 1 is 1.05 bits per heavy atom. The molecular weight excluding hydrogens is 280 g/mol. The third kappa shape index (κ3) is 3.33. The highest BCUT2D eigenvalue weighted by molar-refractivity contribution is 5.73. The van der Waals surface area contributed by atoms with E-state index < -0.39 is 0 Å². The second-order valence-electron chi connectivity index (χ2n) is 5.12. The molecule has 1 aliphatic heterocycles. The van der Waals surface area contributed by atoms with Crippen molar-refractivity contribution in [2.75, 3.05) is 31.1 Å². The highest BCUT2D eigenvalue weighted by Gasteiger charge is 2.18. The fourth-order valence-corrected chi connectivity index (χ4v) is 2.45. The van der Waals surface area contributed by atoms with Crippen molar-refractivity contribution < 1.29 is 9.53 Å². The predicted octanol–water partition coefficient (Wildman–Crippen LogP) is 1.94. The SMILES string of the molecule is CC(=O)N1CCN(c2ccc(Oc3ncccn3)cc2)CC1. The lowest BCUT2D eigenvalue weighted by atomic mass is 10.2. The summed E-state index contributed by atoms with van der Waals surface area (Å²) in [5.41, 5.74) is 1.13. The van der Waals surface area contributed by atoms with Gasteiger partial charge in [0, 0.05) is 51.2 Å². The minimum Gasteiger partial charge on any atom is -0.424 e. The molecule has 0 saturated carbocycles. The molecule has 1 fully saturated rings. The Labute approximate surface area is 129 Å². The molecule has 0 N–H and O–H groups in total. The van der Waals surface area contributed by atoms with E-state index in [2.05, 4.69) is 14.9 Å². The molecule has 1 saturated heterocycles. The summed E-state index contributed by atoms with van der Waals surface area (Å²) >= 11 is 0. The van der Waals surface area contributed by atoms with E-state index in [0.717, 1.165) is 31.9 Å². The van der Waals surface area contributed by atoms with E-state index in [1.165, 1.54) is 0 Å². The number of ether oxygens (including phenoxy) is 1. The number of hydrogen-bond acceptors (Lipinski definition) is 5. The number of rotatable bonds is 3. The first-order chi connectivity index (χ1) is 10.7. The molecule has 6 nitrogen and oxygen atoms in total. The van der Waals surface area contributed by atoms with Crippen molar-refractivity contribution in [1.82, 2.24) is 14.9 Å². The Morgan fingerprint density at radius 2 is 1.68 bits per heavy atom. The topological polar surface area (TPSA) is 58.6 Å². The first kappa shape index (κ1) is 14.3. The van der Waals surface area contributed by atoms with Crippen molar-refractivity contribution >= 4 is 11.6 Å². The summed E-state index contributed by atoms with van der Waals surface area (Å²) in [6.45, 7) is 4.85. The van der Waals surface area contributed by atoms with Gasteiger partial charge in [-0.3, -0.25) is 4.79 Å². The molecule has 0 unspecified atom stereocenters. The van der Waals surface area contributed by atoms with Gasteiger partial charge in [-0.1, -0.05) is 0 Å². The van der Waals surface area contributed by atoms with E-state index in [1.807, 2.05) is 29.2 Å². The minimum absolute atomic E-state index is 0.145. The number of amides is 1. The molecule has 1 aliphatic rings. The molecule has 6 heteroatoms. The molecule has 1 aromatic heterocycles. The van der Waals surface area contributed by atoms with E-state index in [-0.39, 0.29) is 5.91 Å². The molecule has 2 aromatic rings. The molecule has 0 aliphatic carbocycles. The summed E-state index contributed by atoms with van der Waals surface area (Å²) in [6.07, 6.45) is 3.29. The number of benzene rings is 1. The average Bonchev–Trinajstić information content (AvgIpc) is 2.57. The summed E-state index contributed by atoms with van der Waals surface area (Å²) in [4.78, 5) is 23.5.